The van der Waals surface area contributed by atoms with Crippen LogP contribution in [0.1, 0.15) is 28.9 Å². The summed E-state index contributed by atoms with van der Waals surface area (Å²) in [5.74, 6) is 0.599. The lowest BCUT2D eigenvalue weighted by Crippen LogP contribution is -2.41. The van der Waals surface area contributed by atoms with Crippen LogP contribution >= 0.6 is 0 Å². The third-order valence-corrected chi connectivity index (χ3v) is 6.13. The molecular formula is C24H24FN3O. The number of aromatic nitrogens is 2. The second kappa shape index (κ2) is 7.32. The van der Waals surface area contributed by atoms with Crippen molar-refractivity contribution in [2.45, 2.75) is 31.9 Å². The number of nitrogens with zero attached hydrogens (tertiary/aromatic N) is 3. The first-order valence-electron chi connectivity index (χ1n) is 10.1. The highest BCUT2D eigenvalue weighted by Crippen LogP contribution is 2.41. The van der Waals surface area contributed by atoms with Crippen molar-refractivity contribution in [3.8, 4) is 11.4 Å². The van der Waals surface area contributed by atoms with E-state index in [-0.39, 0.29) is 11.2 Å². The molecule has 0 aliphatic carbocycles. The molecule has 1 atom stereocenters. The van der Waals surface area contributed by atoms with Gasteiger partial charge in [-0.05, 0) is 37.6 Å². The Labute approximate surface area is 170 Å². The lowest BCUT2D eigenvalue weighted by atomic mass is 9.80. The van der Waals surface area contributed by atoms with Crippen molar-refractivity contribution in [1.29, 1.82) is 0 Å². The van der Waals surface area contributed by atoms with Crippen LogP contribution in [-0.2, 0) is 23.3 Å². The van der Waals surface area contributed by atoms with Crippen molar-refractivity contribution < 1.29 is 9.13 Å². The van der Waals surface area contributed by atoms with Crippen LogP contribution < -0.4 is 0 Å². The molecule has 0 bridgehead atoms. The molecule has 0 unspecified atom stereocenters. The molecule has 4 nitrogen and oxygen atoms in total. The molecule has 29 heavy (non-hydrogen) atoms. The van der Waals surface area contributed by atoms with Gasteiger partial charge in [-0.2, -0.15) is 0 Å². The molecule has 0 saturated carbocycles. The van der Waals surface area contributed by atoms with Gasteiger partial charge in [-0.15, -0.1) is 0 Å². The van der Waals surface area contributed by atoms with Crippen LogP contribution in [-0.4, -0.2) is 34.6 Å². The van der Waals surface area contributed by atoms with E-state index < -0.39 is 0 Å². The molecule has 2 aromatic carbocycles. The number of benzene rings is 2. The minimum absolute atomic E-state index is 0.106. The van der Waals surface area contributed by atoms with Gasteiger partial charge in [0, 0.05) is 29.9 Å². The Balaban J connectivity index is 1.47. The average molecular weight is 389 g/mol. The second-order valence-electron chi connectivity index (χ2n) is 8.19. The Morgan fingerprint density at radius 2 is 1.86 bits per heavy atom. The van der Waals surface area contributed by atoms with Crippen LogP contribution in [0.15, 0.2) is 54.6 Å². The number of hydrogen-bond donors (Lipinski definition) is 0. The fourth-order valence-electron chi connectivity index (χ4n) is 4.59. The van der Waals surface area contributed by atoms with Gasteiger partial charge in [0.2, 0.25) is 0 Å². The van der Waals surface area contributed by atoms with Gasteiger partial charge in [0.25, 0.3) is 0 Å². The molecule has 3 heterocycles. The summed E-state index contributed by atoms with van der Waals surface area (Å²) in [6.07, 6.45) is 1.01. The van der Waals surface area contributed by atoms with Crippen LogP contribution in [0.3, 0.4) is 0 Å². The van der Waals surface area contributed by atoms with E-state index in [0.717, 1.165) is 60.0 Å². The average Bonchev–Trinajstić information content (AvgIpc) is 3.14. The summed E-state index contributed by atoms with van der Waals surface area (Å²) in [5.41, 5.74) is 5.36. The van der Waals surface area contributed by atoms with E-state index in [2.05, 4.69) is 24.0 Å². The van der Waals surface area contributed by atoms with E-state index in [9.17, 15) is 4.39 Å². The number of aryl methyl sites for hydroxylation is 1. The SMILES string of the molecule is Cc1nc(-c2ccccc2)nc2c1COC[C@]21CCN(Cc2ccc(F)cc2)C1. The van der Waals surface area contributed by atoms with E-state index in [1.807, 2.05) is 30.3 Å². The minimum atomic E-state index is -0.193. The second-order valence-corrected chi connectivity index (χ2v) is 8.19. The third-order valence-electron chi connectivity index (χ3n) is 6.13. The molecule has 1 spiro atoms. The van der Waals surface area contributed by atoms with Gasteiger partial charge in [0.1, 0.15) is 5.82 Å². The Morgan fingerprint density at radius 3 is 2.66 bits per heavy atom. The number of fused-ring (bicyclic) bond motifs is 2. The zero-order chi connectivity index (χ0) is 19.8. The summed E-state index contributed by atoms with van der Waals surface area (Å²) >= 11 is 0. The molecule has 1 saturated heterocycles. The predicted octanol–water partition coefficient (Wildman–Crippen LogP) is 4.27. The monoisotopic (exact) mass is 389 g/mol. The molecule has 0 N–H and O–H groups in total. The standard InChI is InChI=1S/C24H24FN3O/c1-17-21-14-29-16-24(22(21)27-23(26-17)19-5-3-2-4-6-19)11-12-28(15-24)13-18-7-9-20(25)10-8-18/h2-10H,11-16H2,1H3/t24-/m1/s1. The van der Waals surface area contributed by atoms with Gasteiger partial charge in [-0.3, -0.25) is 4.90 Å². The van der Waals surface area contributed by atoms with E-state index in [4.69, 9.17) is 14.7 Å². The first-order chi connectivity index (χ1) is 14.1. The van der Waals surface area contributed by atoms with Crippen LogP contribution in [0, 0.1) is 12.7 Å². The van der Waals surface area contributed by atoms with Crippen LogP contribution in [0.5, 0.6) is 0 Å². The highest BCUT2D eigenvalue weighted by Gasteiger charge is 2.45. The van der Waals surface area contributed by atoms with Crippen molar-refractivity contribution in [3.05, 3.63) is 82.9 Å². The van der Waals surface area contributed by atoms with E-state index >= 15 is 0 Å². The molecule has 3 aromatic rings. The van der Waals surface area contributed by atoms with Gasteiger partial charge in [0.15, 0.2) is 5.82 Å². The molecule has 0 amide bonds. The molecule has 0 radical (unpaired) electrons. The predicted molar refractivity (Wildman–Crippen MR) is 110 cm³/mol. The zero-order valence-corrected chi connectivity index (χ0v) is 16.6. The van der Waals surface area contributed by atoms with E-state index in [0.29, 0.717) is 13.2 Å². The lowest BCUT2D eigenvalue weighted by molar-refractivity contribution is 0.0498. The van der Waals surface area contributed by atoms with Crippen LogP contribution in [0.25, 0.3) is 11.4 Å². The molecule has 2 aliphatic heterocycles. The minimum Gasteiger partial charge on any atom is -0.376 e. The van der Waals surface area contributed by atoms with Crippen LogP contribution in [0.4, 0.5) is 4.39 Å². The Hall–Kier alpha value is -2.63. The van der Waals surface area contributed by atoms with Crippen molar-refractivity contribution in [2.75, 3.05) is 19.7 Å². The summed E-state index contributed by atoms with van der Waals surface area (Å²) in [6.45, 7) is 6.00. The number of ether oxygens (including phenoxy) is 1. The molecule has 1 fully saturated rings. The first kappa shape index (κ1) is 18.4. The van der Waals surface area contributed by atoms with Gasteiger partial charge in [0.05, 0.1) is 24.3 Å². The first-order valence-corrected chi connectivity index (χ1v) is 10.1. The quantitative estimate of drug-likeness (QED) is 0.671. The number of hydrogen-bond acceptors (Lipinski definition) is 4. The largest absolute Gasteiger partial charge is 0.376 e. The fraction of sp³-hybridized carbons (Fsp3) is 0.333. The number of rotatable bonds is 3. The third kappa shape index (κ3) is 3.45. The molecular weight excluding hydrogens is 365 g/mol. The molecule has 148 valence electrons. The number of halogens is 1. The van der Waals surface area contributed by atoms with Gasteiger partial charge in [-0.1, -0.05) is 42.5 Å². The maximum Gasteiger partial charge on any atom is 0.159 e. The van der Waals surface area contributed by atoms with Crippen molar-refractivity contribution in [1.82, 2.24) is 14.9 Å². The Morgan fingerprint density at radius 1 is 1.07 bits per heavy atom. The summed E-state index contributed by atoms with van der Waals surface area (Å²) in [5, 5.41) is 0. The maximum absolute atomic E-state index is 13.2. The molecule has 5 rings (SSSR count). The smallest absolute Gasteiger partial charge is 0.159 e. The van der Waals surface area contributed by atoms with Crippen molar-refractivity contribution in [3.63, 3.8) is 0 Å². The molecule has 1 aromatic heterocycles. The molecule has 5 heteroatoms. The van der Waals surface area contributed by atoms with Crippen LogP contribution in [0.2, 0.25) is 0 Å². The Bertz CT molecular complexity index is 1020. The fourth-order valence-corrected chi connectivity index (χ4v) is 4.59. The Kier molecular flexibility index (Phi) is 4.64. The maximum atomic E-state index is 13.2. The van der Waals surface area contributed by atoms with Crippen molar-refractivity contribution in [2.24, 2.45) is 0 Å². The van der Waals surface area contributed by atoms with Gasteiger partial charge in [-0.25, -0.2) is 14.4 Å². The molecule has 2 aliphatic rings. The number of likely N-dealkylation sites (tertiary alicyclic amines) is 1. The zero-order valence-electron chi connectivity index (χ0n) is 16.6. The van der Waals surface area contributed by atoms with E-state index in [1.165, 1.54) is 12.1 Å². The lowest BCUT2D eigenvalue weighted by Gasteiger charge is -2.35. The normalized spacial score (nSPS) is 21.4. The van der Waals surface area contributed by atoms with Gasteiger partial charge < -0.3 is 4.74 Å². The highest BCUT2D eigenvalue weighted by atomic mass is 19.1. The summed E-state index contributed by atoms with van der Waals surface area (Å²) in [6, 6.07) is 17.0. The topological polar surface area (TPSA) is 38.3 Å². The van der Waals surface area contributed by atoms with Crippen molar-refractivity contribution >= 4 is 0 Å². The van der Waals surface area contributed by atoms with E-state index in [1.54, 1.807) is 0 Å². The summed E-state index contributed by atoms with van der Waals surface area (Å²) in [7, 11) is 0. The summed E-state index contributed by atoms with van der Waals surface area (Å²) in [4.78, 5) is 12.3. The highest BCUT2D eigenvalue weighted by molar-refractivity contribution is 5.56. The van der Waals surface area contributed by atoms with Gasteiger partial charge >= 0.3 is 0 Å². The summed E-state index contributed by atoms with van der Waals surface area (Å²) < 4.78 is 19.2.